The summed E-state index contributed by atoms with van der Waals surface area (Å²) < 4.78 is 5.35. The number of amidine groups is 1. The van der Waals surface area contributed by atoms with E-state index in [-0.39, 0.29) is 0 Å². The molecular weight excluding hydrogens is 304 g/mol. The van der Waals surface area contributed by atoms with Gasteiger partial charge < -0.3 is 10.5 Å². The van der Waals surface area contributed by atoms with E-state index in [1.807, 2.05) is 36.4 Å². The van der Waals surface area contributed by atoms with Gasteiger partial charge in [-0.05, 0) is 36.1 Å². The van der Waals surface area contributed by atoms with Crippen LogP contribution in [0.4, 0.5) is 5.69 Å². The van der Waals surface area contributed by atoms with E-state index in [1.54, 1.807) is 7.11 Å². The molecular formula is C19H24N2OS. The van der Waals surface area contributed by atoms with Crippen LogP contribution in [0.15, 0.2) is 53.5 Å². The first-order valence-electron chi connectivity index (χ1n) is 7.82. The maximum Gasteiger partial charge on any atom is 0.159 e. The lowest BCUT2D eigenvalue weighted by Crippen LogP contribution is -2.06. The minimum atomic E-state index is 0.562. The highest BCUT2D eigenvalue weighted by molar-refractivity contribution is 8.13. The zero-order valence-electron chi connectivity index (χ0n) is 14.0. The van der Waals surface area contributed by atoms with Gasteiger partial charge in [0.15, 0.2) is 5.17 Å². The second-order valence-corrected chi connectivity index (χ2v) is 6.45. The number of rotatable bonds is 6. The Kier molecular flexibility index (Phi) is 6.53. The van der Waals surface area contributed by atoms with E-state index in [1.165, 1.54) is 17.3 Å². The summed E-state index contributed by atoms with van der Waals surface area (Å²) >= 11 is 1.52. The molecule has 0 spiro atoms. The second kappa shape index (κ2) is 8.63. The number of aliphatic imine (C=N–C) groups is 1. The van der Waals surface area contributed by atoms with Crippen LogP contribution in [0.5, 0.6) is 5.75 Å². The molecule has 0 aliphatic rings. The van der Waals surface area contributed by atoms with Crippen LogP contribution < -0.4 is 10.5 Å². The predicted molar refractivity (Wildman–Crippen MR) is 101 cm³/mol. The molecule has 23 heavy (non-hydrogen) atoms. The third-order valence-corrected chi connectivity index (χ3v) is 4.72. The summed E-state index contributed by atoms with van der Waals surface area (Å²) in [4.78, 5) is 4.47. The molecule has 0 saturated heterocycles. The number of ether oxygens (including phenoxy) is 1. The van der Waals surface area contributed by atoms with Crippen molar-refractivity contribution in [2.45, 2.75) is 31.9 Å². The van der Waals surface area contributed by atoms with Gasteiger partial charge in [-0.15, -0.1) is 0 Å². The second-order valence-electron chi connectivity index (χ2n) is 5.45. The van der Waals surface area contributed by atoms with Crippen LogP contribution in [-0.4, -0.2) is 12.3 Å². The Morgan fingerprint density at radius 2 is 1.87 bits per heavy atom. The number of hydrogen-bond acceptors (Lipinski definition) is 3. The van der Waals surface area contributed by atoms with Crippen molar-refractivity contribution < 1.29 is 4.74 Å². The number of benzene rings is 2. The highest BCUT2D eigenvalue weighted by Crippen LogP contribution is 2.25. The Labute approximate surface area is 143 Å². The lowest BCUT2D eigenvalue weighted by atomic mass is 9.99. The summed E-state index contributed by atoms with van der Waals surface area (Å²) in [5.41, 5.74) is 9.39. The van der Waals surface area contributed by atoms with Crippen LogP contribution in [0.1, 0.15) is 37.3 Å². The van der Waals surface area contributed by atoms with E-state index in [2.05, 4.69) is 31.0 Å². The van der Waals surface area contributed by atoms with Gasteiger partial charge in [0.25, 0.3) is 0 Å². The van der Waals surface area contributed by atoms with Gasteiger partial charge >= 0.3 is 0 Å². The zero-order chi connectivity index (χ0) is 16.7. The first-order chi connectivity index (χ1) is 11.1. The van der Waals surface area contributed by atoms with Crippen molar-refractivity contribution in [3.63, 3.8) is 0 Å². The van der Waals surface area contributed by atoms with Crippen molar-refractivity contribution in [3.05, 3.63) is 59.7 Å². The normalized spacial score (nSPS) is 12.9. The molecule has 0 aliphatic heterocycles. The lowest BCUT2D eigenvalue weighted by Gasteiger charge is -2.09. The van der Waals surface area contributed by atoms with Crippen LogP contribution in [0.2, 0.25) is 0 Å². The maximum atomic E-state index is 6.04. The Bertz CT molecular complexity index is 653. The summed E-state index contributed by atoms with van der Waals surface area (Å²) in [5.74, 6) is 2.20. The van der Waals surface area contributed by atoms with Gasteiger partial charge in [0.05, 0.1) is 12.8 Å². The van der Waals surface area contributed by atoms with Crippen molar-refractivity contribution in [1.82, 2.24) is 0 Å². The van der Waals surface area contributed by atoms with Gasteiger partial charge in [-0.3, -0.25) is 0 Å². The van der Waals surface area contributed by atoms with Gasteiger partial charge in [0, 0.05) is 11.3 Å². The van der Waals surface area contributed by atoms with E-state index in [0.717, 1.165) is 29.2 Å². The van der Waals surface area contributed by atoms with Crippen molar-refractivity contribution in [1.29, 1.82) is 0 Å². The largest absolute Gasteiger partial charge is 0.496 e. The fourth-order valence-electron chi connectivity index (χ4n) is 2.25. The summed E-state index contributed by atoms with van der Waals surface area (Å²) in [7, 11) is 1.68. The van der Waals surface area contributed by atoms with Gasteiger partial charge in [0.2, 0.25) is 0 Å². The molecule has 0 radical (unpaired) electrons. The van der Waals surface area contributed by atoms with Crippen LogP contribution in [0.25, 0.3) is 0 Å². The molecule has 1 atom stereocenters. The Balaban J connectivity index is 1.99. The molecule has 122 valence electrons. The van der Waals surface area contributed by atoms with Gasteiger partial charge in [0.1, 0.15) is 5.75 Å². The van der Waals surface area contributed by atoms with Gasteiger partial charge in [-0.1, -0.05) is 55.9 Å². The van der Waals surface area contributed by atoms with E-state index >= 15 is 0 Å². The molecule has 2 N–H and O–H groups in total. The lowest BCUT2D eigenvalue weighted by molar-refractivity contribution is 0.411. The van der Waals surface area contributed by atoms with Crippen LogP contribution in [0, 0.1) is 0 Å². The molecule has 0 aromatic heterocycles. The number of methoxy groups -OCH3 is 1. The predicted octanol–water partition coefficient (Wildman–Crippen LogP) is 5.09. The Morgan fingerprint density at radius 1 is 1.17 bits per heavy atom. The first-order valence-corrected chi connectivity index (χ1v) is 8.81. The van der Waals surface area contributed by atoms with Crippen LogP contribution in [-0.2, 0) is 5.75 Å². The van der Waals surface area contributed by atoms with Crippen LogP contribution >= 0.6 is 11.8 Å². The third-order valence-electron chi connectivity index (χ3n) is 3.88. The highest BCUT2D eigenvalue weighted by Gasteiger charge is 2.05. The third kappa shape index (κ3) is 5.03. The molecule has 0 unspecified atom stereocenters. The summed E-state index contributed by atoms with van der Waals surface area (Å²) in [6, 6.07) is 16.3. The molecule has 0 bridgehead atoms. The summed E-state index contributed by atoms with van der Waals surface area (Å²) in [6.45, 7) is 4.43. The number of para-hydroxylation sites is 1. The van der Waals surface area contributed by atoms with E-state index in [9.17, 15) is 0 Å². The minimum Gasteiger partial charge on any atom is -0.496 e. The fourth-order valence-corrected chi connectivity index (χ4v) is 2.96. The average molecular weight is 328 g/mol. The highest BCUT2D eigenvalue weighted by atomic mass is 32.2. The van der Waals surface area contributed by atoms with Gasteiger partial charge in [-0.2, -0.15) is 0 Å². The standard InChI is InChI=1S/C19H24N2OS/c1-4-14(2)15-9-11-17(12-10-15)21-19(20)23-13-16-7-5-6-8-18(16)22-3/h5-12,14H,4,13H2,1-3H3,(H2,20,21)/t14-/m1/s1. The summed E-state index contributed by atoms with van der Waals surface area (Å²) in [5, 5.41) is 0.562. The number of thioether (sulfide) groups is 1. The molecule has 0 aliphatic carbocycles. The molecule has 0 heterocycles. The monoisotopic (exact) mass is 328 g/mol. The molecule has 2 aromatic carbocycles. The number of hydrogen-bond donors (Lipinski definition) is 1. The molecule has 2 aromatic rings. The zero-order valence-corrected chi connectivity index (χ0v) is 14.8. The molecule has 2 rings (SSSR count). The maximum absolute atomic E-state index is 6.04. The average Bonchev–Trinajstić information content (AvgIpc) is 2.60. The topological polar surface area (TPSA) is 47.6 Å². The number of nitrogens with zero attached hydrogens (tertiary/aromatic N) is 1. The van der Waals surface area contributed by atoms with Crippen LogP contribution in [0.3, 0.4) is 0 Å². The quantitative estimate of drug-likeness (QED) is 0.593. The molecule has 0 amide bonds. The fraction of sp³-hybridized carbons (Fsp3) is 0.316. The van der Waals surface area contributed by atoms with E-state index in [0.29, 0.717) is 11.1 Å². The SMILES string of the molecule is CC[C@@H](C)c1ccc(N=C(N)SCc2ccccc2OC)cc1. The summed E-state index contributed by atoms with van der Waals surface area (Å²) in [6.07, 6.45) is 1.14. The molecule has 3 nitrogen and oxygen atoms in total. The van der Waals surface area contributed by atoms with Crippen molar-refractivity contribution in [2.75, 3.05) is 7.11 Å². The van der Waals surface area contributed by atoms with Gasteiger partial charge in [-0.25, -0.2) is 4.99 Å². The Hall–Kier alpha value is -1.94. The Morgan fingerprint density at radius 3 is 2.52 bits per heavy atom. The first kappa shape index (κ1) is 17.4. The molecule has 0 saturated carbocycles. The van der Waals surface area contributed by atoms with Crippen molar-refractivity contribution in [2.24, 2.45) is 10.7 Å². The van der Waals surface area contributed by atoms with E-state index in [4.69, 9.17) is 10.5 Å². The molecule has 4 heteroatoms. The minimum absolute atomic E-state index is 0.562. The number of nitrogens with two attached hydrogens (primary N) is 1. The smallest absolute Gasteiger partial charge is 0.159 e. The van der Waals surface area contributed by atoms with Crippen molar-refractivity contribution in [3.8, 4) is 5.75 Å². The van der Waals surface area contributed by atoms with Crippen molar-refractivity contribution >= 4 is 22.6 Å². The molecule has 0 fully saturated rings. The van der Waals surface area contributed by atoms with E-state index < -0.39 is 0 Å².